The molecule has 2 aromatic rings. The minimum Gasteiger partial charge on any atom is -0.492 e. The van der Waals surface area contributed by atoms with E-state index in [4.69, 9.17) is 16.3 Å². The third-order valence-electron chi connectivity index (χ3n) is 2.95. The molecule has 1 atom stereocenters. The van der Waals surface area contributed by atoms with Crippen molar-refractivity contribution in [3.63, 3.8) is 0 Å². The van der Waals surface area contributed by atoms with Gasteiger partial charge < -0.3 is 4.74 Å². The van der Waals surface area contributed by atoms with E-state index in [0.717, 1.165) is 22.2 Å². The molecule has 1 nitrogen and oxygen atoms in total. The van der Waals surface area contributed by atoms with E-state index in [1.807, 2.05) is 18.2 Å². The Morgan fingerprint density at radius 1 is 1.24 bits per heavy atom. The lowest BCUT2D eigenvalue weighted by molar-refractivity contribution is 0.315. The molecule has 112 valence electrons. The summed E-state index contributed by atoms with van der Waals surface area (Å²) in [7, 11) is 0. The monoisotopic (exact) mass is 434 g/mol. The Bertz CT molecular complexity index is 634. The molecule has 0 radical (unpaired) electrons. The van der Waals surface area contributed by atoms with E-state index in [2.05, 4.69) is 38.8 Å². The van der Waals surface area contributed by atoms with Gasteiger partial charge >= 0.3 is 0 Å². The van der Waals surface area contributed by atoms with Gasteiger partial charge in [0, 0.05) is 10.6 Å². The zero-order chi connectivity index (χ0) is 15.4. The maximum absolute atomic E-state index is 14.0. The molecule has 2 rings (SSSR count). The van der Waals surface area contributed by atoms with Gasteiger partial charge in [-0.2, -0.15) is 0 Å². The van der Waals surface area contributed by atoms with Gasteiger partial charge in [-0.3, -0.25) is 0 Å². The van der Waals surface area contributed by atoms with E-state index in [1.165, 1.54) is 6.07 Å². The molecular formula is C16H14Br2ClFO. The molecule has 0 N–H and O–H groups in total. The second-order valence-corrected chi connectivity index (χ2v) is 6.77. The largest absolute Gasteiger partial charge is 0.492 e. The molecule has 0 spiro atoms. The van der Waals surface area contributed by atoms with Gasteiger partial charge in [-0.25, -0.2) is 4.39 Å². The molecule has 2 aromatic carbocycles. The highest BCUT2D eigenvalue weighted by Gasteiger charge is 2.16. The second-order valence-electron chi connectivity index (χ2n) is 4.57. The summed E-state index contributed by atoms with van der Waals surface area (Å²) in [5.74, 6) is 0.462. The van der Waals surface area contributed by atoms with Crippen molar-refractivity contribution in [3.8, 4) is 5.75 Å². The van der Waals surface area contributed by atoms with Crippen LogP contribution < -0.4 is 4.74 Å². The van der Waals surface area contributed by atoms with Crippen molar-refractivity contribution >= 4 is 43.5 Å². The maximum Gasteiger partial charge on any atom is 0.133 e. The molecule has 0 heterocycles. The zero-order valence-electron chi connectivity index (χ0n) is 11.4. The van der Waals surface area contributed by atoms with Gasteiger partial charge in [-0.15, -0.1) is 0 Å². The summed E-state index contributed by atoms with van der Waals surface area (Å²) in [5.41, 5.74) is 1.49. The van der Waals surface area contributed by atoms with Gasteiger partial charge in [0.05, 0.1) is 15.9 Å². The molecular weight excluding hydrogens is 422 g/mol. The van der Waals surface area contributed by atoms with Crippen molar-refractivity contribution in [2.24, 2.45) is 0 Å². The van der Waals surface area contributed by atoms with Crippen LogP contribution in [0.3, 0.4) is 0 Å². The van der Waals surface area contributed by atoms with Crippen LogP contribution in [0.5, 0.6) is 5.75 Å². The quantitative estimate of drug-likeness (QED) is 0.485. The minimum absolute atomic E-state index is 0.244. The highest BCUT2D eigenvalue weighted by Crippen LogP contribution is 2.37. The van der Waals surface area contributed by atoms with Crippen LogP contribution in [-0.2, 0) is 0 Å². The van der Waals surface area contributed by atoms with Crippen molar-refractivity contribution in [2.75, 3.05) is 6.61 Å². The summed E-state index contributed by atoms with van der Waals surface area (Å²) in [4.78, 5) is -0.244. The summed E-state index contributed by atoms with van der Waals surface area (Å²) < 4.78 is 20.4. The number of halogens is 4. The molecule has 0 aromatic heterocycles. The Labute approximate surface area is 145 Å². The summed E-state index contributed by atoms with van der Waals surface area (Å²) in [6.45, 7) is 2.72. The number of rotatable bonds is 5. The van der Waals surface area contributed by atoms with Crippen LogP contribution in [0.15, 0.2) is 40.9 Å². The maximum atomic E-state index is 14.0. The molecule has 5 heteroatoms. The van der Waals surface area contributed by atoms with Gasteiger partial charge in [-0.1, -0.05) is 46.6 Å². The Balaban J connectivity index is 2.27. The van der Waals surface area contributed by atoms with Crippen molar-refractivity contribution in [1.29, 1.82) is 0 Å². The number of alkyl halides is 1. The van der Waals surface area contributed by atoms with E-state index in [1.54, 1.807) is 12.1 Å². The average Bonchev–Trinajstić information content (AvgIpc) is 2.45. The second kappa shape index (κ2) is 7.61. The molecule has 0 fully saturated rings. The van der Waals surface area contributed by atoms with Crippen LogP contribution in [-0.4, -0.2) is 6.61 Å². The average molecular weight is 437 g/mol. The first-order chi connectivity index (χ1) is 10.0. The number of ether oxygens (including phenoxy) is 1. The lowest BCUT2D eigenvalue weighted by Gasteiger charge is -2.14. The normalized spacial score (nSPS) is 12.2. The van der Waals surface area contributed by atoms with E-state index >= 15 is 0 Å². The van der Waals surface area contributed by atoms with E-state index in [-0.39, 0.29) is 10.6 Å². The Kier molecular flexibility index (Phi) is 6.08. The minimum atomic E-state index is -0.327. The van der Waals surface area contributed by atoms with Crippen LogP contribution in [0.1, 0.15) is 29.3 Å². The fraction of sp³-hybridized carbons (Fsp3) is 0.250. The van der Waals surface area contributed by atoms with E-state index < -0.39 is 0 Å². The highest BCUT2D eigenvalue weighted by molar-refractivity contribution is 9.10. The van der Waals surface area contributed by atoms with Gasteiger partial charge in [0.1, 0.15) is 11.6 Å². The van der Waals surface area contributed by atoms with Crippen molar-refractivity contribution in [3.05, 3.63) is 62.8 Å². The first kappa shape index (κ1) is 16.8. The first-order valence-electron chi connectivity index (χ1n) is 6.54. The van der Waals surface area contributed by atoms with Crippen LogP contribution in [0.25, 0.3) is 0 Å². The molecule has 0 aliphatic rings. The molecule has 1 unspecified atom stereocenters. The van der Waals surface area contributed by atoms with Gasteiger partial charge in [0.2, 0.25) is 0 Å². The number of hydrogen-bond acceptors (Lipinski definition) is 1. The predicted molar refractivity (Wildman–Crippen MR) is 92.1 cm³/mol. The lowest BCUT2D eigenvalue weighted by atomic mass is 10.0. The molecule has 0 aliphatic heterocycles. The molecule has 0 bridgehead atoms. The summed E-state index contributed by atoms with van der Waals surface area (Å²) in [6.07, 6.45) is 0.950. The first-order valence-corrected chi connectivity index (χ1v) is 8.63. The van der Waals surface area contributed by atoms with Gasteiger partial charge in [0.15, 0.2) is 0 Å². The van der Waals surface area contributed by atoms with Gasteiger partial charge in [-0.05, 0) is 52.2 Å². The molecule has 0 saturated carbocycles. The topological polar surface area (TPSA) is 9.23 Å². The SMILES string of the molecule is CCCOc1ccc(C(Br)c2ccc(Cl)cc2F)cc1Br. The van der Waals surface area contributed by atoms with Crippen LogP contribution >= 0.6 is 43.5 Å². The highest BCUT2D eigenvalue weighted by atomic mass is 79.9. The third-order valence-corrected chi connectivity index (χ3v) is 4.82. The standard InChI is InChI=1S/C16H14Br2ClFO/c1-2-7-21-15-6-3-10(8-13(15)17)16(18)12-5-4-11(19)9-14(12)20/h3-6,8-9,16H,2,7H2,1H3. The summed E-state index contributed by atoms with van der Waals surface area (Å²) >= 11 is 12.8. The third kappa shape index (κ3) is 4.21. The fourth-order valence-corrected chi connectivity index (χ4v) is 3.22. The molecule has 0 amide bonds. The van der Waals surface area contributed by atoms with Gasteiger partial charge in [0.25, 0.3) is 0 Å². The summed E-state index contributed by atoms with van der Waals surface area (Å²) in [6, 6.07) is 10.4. The zero-order valence-corrected chi connectivity index (χ0v) is 15.3. The van der Waals surface area contributed by atoms with Crippen molar-refractivity contribution < 1.29 is 9.13 Å². The Morgan fingerprint density at radius 3 is 2.62 bits per heavy atom. The predicted octanol–water partition coefficient (Wildman–Crippen LogP) is 6.51. The Morgan fingerprint density at radius 2 is 2.00 bits per heavy atom. The van der Waals surface area contributed by atoms with Crippen LogP contribution in [0, 0.1) is 5.82 Å². The number of benzene rings is 2. The number of hydrogen-bond donors (Lipinski definition) is 0. The van der Waals surface area contributed by atoms with Crippen molar-refractivity contribution in [1.82, 2.24) is 0 Å². The van der Waals surface area contributed by atoms with E-state index in [0.29, 0.717) is 17.2 Å². The lowest BCUT2D eigenvalue weighted by Crippen LogP contribution is -1.99. The molecule has 0 aliphatic carbocycles. The van der Waals surface area contributed by atoms with E-state index in [9.17, 15) is 4.39 Å². The fourth-order valence-electron chi connectivity index (χ4n) is 1.89. The summed E-state index contributed by atoms with van der Waals surface area (Å²) in [5, 5.41) is 0.389. The van der Waals surface area contributed by atoms with Crippen LogP contribution in [0.2, 0.25) is 5.02 Å². The molecule has 21 heavy (non-hydrogen) atoms. The smallest absolute Gasteiger partial charge is 0.133 e. The van der Waals surface area contributed by atoms with Crippen LogP contribution in [0.4, 0.5) is 4.39 Å². The molecule has 0 saturated heterocycles. The van der Waals surface area contributed by atoms with Crippen molar-refractivity contribution in [2.45, 2.75) is 18.2 Å². The Hall–Kier alpha value is -0.580.